The van der Waals surface area contributed by atoms with Gasteiger partial charge in [0, 0.05) is 25.5 Å². The van der Waals surface area contributed by atoms with E-state index in [-0.39, 0.29) is 11.9 Å². The summed E-state index contributed by atoms with van der Waals surface area (Å²) < 4.78 is 0. The van der Waals surface area contributed by atoms with Crippen molar-refractivity contribution in [2.45, 2.75) is 24.4 Å². The van der Waals surface area contributed by atoms with Gasteiger partial charge in [-0.05, 0) is 30.9 Å². The molecule has 3 nitrogen and oxygen atoms in total. The monoisotopic (exact) mass is 252 g/mol. The molecule has 0 aliphatic heterocycles. The van der Waals surface area contributed by atoms with Crippen molar-refractivity contribution < 1.29 is 4.79 Å². The van der Waals surface area contributed by atoms with E-state index >= 15 is 0 Å². The first-order chi connectivity index (χ1) is 8.04. The Morgan fingerprint density at radius 1 is 1.35 bits per heavy atom. The van der Waals surface area contributed by atoms with Gasteiger partial charge in [0.1, 0.15) is 0 Å². The van der Waals surface area contributed by atoms with Gasteiger partial charge in [0.25, 0.3) is 0 Å². The van der Waals surface area contributed by atoms with Gasteiger partial charge in [0.05, 0.1) is 6.04 Å². The number of hydrogen-bond donors (Lipinski definition) is 1. The number of hydrogen-bond acceptors (Lipinski definition) is 3. The molecule has 1 aromatic carbocycles. The van der Waals surface area contributed by atoms with Crippen LogP contribution in [0.25, 0.3) is 0 Å². The fourth-order valence-corrected chi connectivity index (χ4v) is 1.90. The molecular weight excluding hydrogens is 232 g/mol. The smallest absolute Gasteiger partial charge is 0.238 e. The van der Waals surface area contributed by atoms with Crippen LogP contribution in [0.1, 0.15) is 12.5 Å². The first kappa shape index (κ1) is 14.1. The van der Waals surface area contributed by atoms with Gasteiger partial charge in [-0.3, -0.25) is 4.79 Å². The number of nitrogens with one attached hydrogen (secondary N) is 1. The van der Waals surface area contributed by atoms with Crippen LogP contribution < -0.4 is 5.32 Å². The average Bonchev–Trinajstić information content (AvgIpc) is 2.35. The van der Waals surface area contributed by atoms with Crippen molar-refractivity contribution in [3.8, 4) is 0 Å². The van der Waals surface area contributed by atoms with Gasteiger partial charge in [-0.2, -0.15) is 0 Å². The molecule has 0 saturated carbocycles. The van der Waals surface area contributed by atoms with Gasteiger partial charge < -0.3 is 10.2 Å². The fraction of sp³-hybridized carbons (Fsp3) is 0.462. The van der Waals surface area contributed by atoms with E-state index in [0.717, 1.165) is 6.54 Å². The Bertz CT molecular complexity index is 362. The highest BCUT2D eigenvalue weighted by Gasteiger charge is 2.13. The van der Waals surface area contributed by atoms with E-state index in [9.17, 15) is 4.79 Å². The van der Waals surface area contributed by atoms with Gasteiger partial charge in [-0.15, -0.1) is 11.8 Å². The summed E-state index contributed by atoms with van der Waals surface area (Å²) in [4.78, 5) is 14.5. The molecule has 0 heterocycles. The maximum Gasteiger partial charge on any atom is 0.238 e. The molecule has 1 rings (SSSR count). The summed E-state index contributed by atoms with van der Waals surface area (Å²) in [6.45, 7) is 2.61. The maximum atomic E-state index is 11.6. The molecule has 0 aromatic heterocycles. The molecule has 0 fully saturated rings. The van der Waals surface area contributed by atoms with Crippen LogP contribution in [0.2, 0.25) is 0 Å². The molecule has 0 aliphatic carbocycles. The number of nitrogens with zero attached hydrogens (tertiary/aromatic N) is 1. The Kier molecular flexibility index (Phi) is 5.51. The van der Waals surface area contributed by atoms with Crippen molar-refractivity contribution in [3.63, 3.8) is 0 Å². The minimum absolute atomic E-state index is 0.103. The van der Waals surface area contributed by atoms with Gasteiger partial charge in [-0.1, -0.05) is 12.1 Å². The van der Waals surface area contributed by atoms with E-state index in [1.807, 2.05) is 6.92 Å². The number of carbonyl (C=O) groups is 1. The molecule has 0 radical (unpaired) electrons. The highest BCUT2D eigenvalue weighted by atomic mass is 32.2. The number of likely N-dealkylation sites (N-methyl/N-ethyl adjacent to an activating group) is 1. The Morgan fingerprint density at radius 3 is 2.41 bits per heavy atom. The molecule has 17 heavy (non-hydrogen) atoms. The lowest BCUT2D eigenvalue weighted by molar-refractivity contribution is -0.130. The maximum absolute atomic E-state index is 11.6. The third-order valence-electron chi connectivity index (χ3n) is 2.58. The van der Waals surface area contributed by atoms with E-state index < -0.39 is 0 Å². The molecule has 1 amide bonds. The predicted octanol–water partition coefficient (Wildman–Crippen LogP) is 1.97. The van der Waals surface area contributed by atoms with E-state index in [1.54, 1.807) is 30.8 Å². The topological polar surface area (TPSA) is 32.3 Å². The lowest BCUT2D eigenvalue weighted by Gasteiger charge is -2.18. The van der Waals surface area contributed by atoms with Crippen molar-refractivity contribution in [1.82, 2.24) is 10.2 Å². The Labute approximate surface area is 108 Å². The second-order valence-corrected chi connectivity index (χ2v) is 5.06. The van der Waals surface area contributed by atoms with Gasteiger partial charge >= 0.3 is 0 Å². The quantitative estimate of drug-likeness (QED) is 0.813. The molecule has 0 aliphatic rings. The number of benzene rings is 1. The van der Waals surface area contributed by atoms with Crippen LogP contribution in [0.4, 0.5) is 0 Å². The van der Waals surface area contributed by atoms with Crippen LogP contribution in [0, 0.1) is 0 Å². The summed E-state index contributed by atoms with van der Waals surface area (Å²) in [5.74, 6) is 0.103. The second-order valence-electron chi connectivity index (χ2n) is 4.18. The molecule has 0 spiro atoms. The summed E-state index contributed by atoms with van der Waals surface area (Å²) in [6, 6.07) is 8.22. The van der Waals surface area contributed by atoms with Crippen molar-refractivity contribution in [1.29, 1.82) is 0 Å². The highest BCUT2D eigenvalue weighted by Crippen LogP contribution is 2.14. The number of thioether (sulfide) groups is 1. The van der Waals surface area contributed by atoms with Crippen LogP contribution in [0.15, 0.2) is 29.2 Å². The SMILES string of the molecule is CSc1ccc(CNC(C)C(=O)N(C)C)cc1. The molecular formula is C13H20N2OS. The lowest BCUT2D eigenvalue weighted by Crippen LogP contribution is -2.41. The molecule has 0 bridgehead atoms. The van der Waals surface area contributed by atoms with Gasteiger partial charge in [0.2, 0.25) is 5.91 Å². The van der Waals surface area contributed by atoms with Crippen molar-refractivity contribution >= 4 is 17.7 Å². The molecule has 94 valence electrons. The van der Waals surface area contributed by atoms with Crippen molar-refractivity contribution in [2.24, 2.45) is 0 Å². The summed E-state index contributed by atoms with van der Waals surface area (Å²) in [6.07, 6.45) is 2.06. The molecule has 1 atom stereocenters. The Balaban J connectivity index is 2.47. The first-order valence-corrected chi connectivity index (χ1v) is 6.84. The van der Waals surface area contributed by atoms with Crippen LogP contribution in [-0.4, -0.2) is 37.2 Å². The van der Waals surface area contributed by atoms with Gasteiger partial charge in [0.15, 0.2) is 0 Å². The number of carbonyl (C=O) groups excluding carboxylic acids is 1. The zero-order valence-electron chi connectivity index (χ0n) is 10.9. The molecule has 4 heteroatoms. The third kappa shape index (κ3) is 4.40. The lowest BCUT2D eigenvalue weighted by atomic mass is 10.2. The number of rotatable bonds is 5. The second kappa shape index (κ2) is 6.67. The zero-order valence-corrected chi connectivity index (χ0v) is 11.7. The van der Waals surface area contributed by atoms with Crippen molar-refractivity contribution in [3.05, 3.63) is 29.8 Å². The molecule has 1 N–H and O–H groups in total. The fourth-order valence-electron chi connectivity index (χ4n) is 1.49. The molecule has 0 saturated heterocycles. The average molecular weight is 252 g/mol. The summed E-state index contributed by atoms with van der Waals surface area (Å²) in [5.41, 5.74) is 1.20. The first-order valence-electron chi connectivity index (χ1n) is 5.62. The van der Waals surface area contributed by atoms with E-state index in [2.05, 4.69) is 35.8 Å². The number of amides is 1. The zero-order chi connectivity index (χ0) is 12.8. The van der Waals surface area contributed by atoms with E-state index in [0.29, 0.717) is 0 Å². The van der Waals surface area contributed by atoms with Crippen LogP contribution in [0.3, 0.4) is 0 Å². The minimum atomic E-state index is -0.148. The van der Waals surface area contributed by atoms with Crippen molar-refractivity contribution in [2.75, 3.05) is 20.4 Å². The largest absolute Gasteiger partial charge is 0.347 e. The summed E-state index contributed by atoms with van der Waals surface area (Å²) in [7, 11) is 3.54. The molecule has 1 unspecified atom stereocenters. The molecule has 1 aromatic rings. The summed E-state index contributed by atoms with van der Waals surface area (Å²) >= 11 is 1.73. The van der Waals surface area contributed by atoms with Gasteiger partial charge in [-0.25, -0.2) is 0 Å². The highest BCUT2D eigenvalue weighted by molar-refractivity contribution is 7.98. The standard InChI is InChI=1S/C13H20N2OS/c1-10(13(16)15(2)3)14-9-11-5-7-12(17-4)8-6-11/h5-8,10,14H,9H2,1-4H3. The minimum Gasteiger partial charge on any atom is -0.347 e. The summed E-state index contributed by atoms with van der Waals surface area (Å²) in [5, 5.41) is 3.22. The normalized spacial score (nSPS) is 12.2. The van der Waals surface area contributed by atoms with Crippen LogP contribution >= 0.6 is 11.8 Å². The van der Waals surface area contributed by atoms with Crippen LogP contribution in [0.5, 0.6) is 0 Å². The Hall–Kier alpha value is -1.00. The van der Waals surface area contributed by atoms with Crippen LogP contribution in [-0.2, 0) is 11.3 Å². The van der Waals surface area contributed by atoms with E-state index in [4.69, 9.17) is 0 Å². The third-order valence-corrected chi connectivity index (χ3v) is 3.33. The Morgan fingerprint density at radius 2 is 1.94 bits per heavy atom. The predicted molar refractivity (Wildman–Crippen MR) is 73.2 cm³/mol. The van der Waals surface area contributed by atoms with E-state index in [1.165, 1.54) is 10.5 Å².